The Morgan fingerprint density at radius 2 is 1.73 bits per heavy atom. The summed E-state index contributed by atoms with van der Waals surface area (Å²) in [4.78, 5) is 0. The summed E-state index contributed by atoms with van der Waals surface area (Å²) >= 11 is 5.23. The highest BCUT2D eigenvalue weighted by Crippen LogP contribution is 2.22. The average molecular weight is 313 g/mol. The van der Waals surface area contributed by atoms with E-state index in [1.807, 2.05) is 54.6 Å². The minimum atomic E-state index is 0.500. The highest BCUT2D eigenvalue weighted by atomic mass is 32.1. The molecular weight excluding hydrogens is 294 g/mol. The largest absolute Gasteiger partial charge is 0.496 e. The predicted molar refractivity (Wildman–Crippen MR) is 94.2 cm³/mol. The molecular formula is C17H19N3OS. The minimum Gasteiger partial charge on any atom is -0.496 e. The second-order valence-corrected chi connectivity index (χ2v) is 5.01. The topological polar surface area (TPSA) is 45.3 Å². The van der Waals surface area contributed by atoms with Crippen LogP contribution in [0.2, 0.25) is 0 Å². The Labute approximate surface area is 136 Å². The molecule has 114 valence electrons. The number of methoxy groups -OCH3 is 1. The molecule has 2 aromatic carbocycles. The van der Waals surface area contributed by atoms with Gasteiger partial charge < -0.3 is 10.1 Å². The zero-order valence-electron chi connectivity index (χ0n) is 12.4. The van der Waals surface area contributed by atoms with Crippen molar-refractivity contribution in [2.75, 3.05) is 7.11 Å². The van der Waals surface area contributed by atoms with Crippen molar-refractivity contribution in [1.82, 2.24) is 16.2 Å². The van der Waals surface area contributed by atoms with E-state index in [-0.39, 0.29) is 0 Å². The average Bonchev–Trinajstić information content (AvgIpc) is 2.58. The molecule has 3 N–H and O–H groups in total. The van der Waals surface area contributed by atoms with Crippen LogP contribution in [0.25, 0.3) is 5.70 Å². The van der Waals surface area contributed by atoms with Gasteiger partial charge in [0, 0.05) is 12.1 Å². The SMILES string of the molecule is C=C(NNC(=S)NCc1ccccc1)c1ccccc1OC. The van der Waals surface area contributed by atoms with Crippen LogP contribution < -0.4 is 20.9 Å². The zero-order chi connectivity index (χ0) is 15.8. The first-order chi connectivity index (χ1) is 10.7. The van der Waals surface area contributed by atoms with Gasteiger partial charge in [0.15, 0.2) is 5.11 Å². The van der Waals surface area contributed by atoms with Gasteiger partial charge in [-0.25, -0.2) is 0 Å². The molecule has 0 radical (unpaired) electrons. The van der Waals surface area contributed by atoms with Crippen molar-refractivity contribution in [3.63, 3.8) is 0 Å². The summed E-state index contributed by atoms with van der Waals surface area (Å²) in [7, 11) is 1.63. The van der Waals surface area contributed by atoms with Crippen molar-refractivity contribution in [2.45, 2.75) is 6.54 Å². The summed E-state index contributed by atoms with van der Waals surface area (Å²) in [6.45, 7) is 4.64. The highest BCUT2D eigenvalue weighted by Gasteiger charge is 2.05. The maximum atomic E-state index is 5.30. The first-order valence-electron chi connectivity index (χ1n) is 6.87. The first-order valence-corrected chi connectivity index (χ1v) is 7.27. The summed E-state index contributed by atoms with van der Waals surface area (Å²) < 4.78 is 5.30. The summed E-state index contributed by atoms with van der Waals surface area (Å²) in [5, 5.41) is 3.62. The lowest BCUT2D eigenvalue weighted by atomic mass is 10.1. The third kappa shape index (κ3) is 4.49. The van der Waals surface area contributed by atoms with E-state index in [1.54, 1.807) is 7.11 Å². The molecule has 2 rings (SSSR count). The van der Waals surface area contributed by atoms with E-state index in [0.29, 0.717) is 17.4 Å². The fourth-order valence-electron chi connectivity index (χ4n) is 1.92. The molecule has 0 bridgehead atoms. The van der Waals surface area contributed by atoms with Crippen LogP contribution >= 0.6 is 12.2 Å². The summed E-state index contributed by atoms with van der Waals surface area (Å²) in [6, 6.07) is 17.7. The lowest BCUT2D eigenvalue weighted by molar-refractivity contribution is 0.413. The second kappa shape index (κ2) is 8.05. The molecule has 0 aliphatic rings. The molecule has 0 spiro atoms. The fraction of sp³-hybridized carbons (Fsp3) is 0.118. The molecule has 2 aromatic rings. The number of thiocarbonyl (C=S) groups is 1. The smallest absolute Gasteiger partial charge is 0.185 e. The molecule has 0 saturated heterocycles. The third-order valence-electron chi connectivity index (χ3n) is 3.05. The van der Waals surface area contributed by atoms with Gasteiger partial charge in [0.1, 0.15) is 5.75 Å². The predicted octanol–water partition coefficient (Wildman–Crippen LogP) is 2.83. The monoisotopic (exact) mass is 313 g/mol. The van der Waals surface area contributed by atoms with Crippen molar-refractivity contribution in [3.05, 3.63) is 72.3 Å². The van der Waals surface area contributed by atoms with Crippen molar-refractivity contribution < 1.29 is 4.74 Å². The first kappa shape index (κ1) is 15.9. The zero-order valence-corrected chi connectivity index (χ0v) is 13.2. The standard InChI is InChI=1S/C17H19N3OS/c1-13(15-10-6-7-11-16(15)21-2)19-20-17(22)18-12-14-8-4-3-5-9-14/h3-11,19H,1,12H2,2H3,(H2,18,20,22). The normalized spacial score (nSPS) is 9.68. The molecule has 5 heteroatoms. The van der Waals surface area contributed by atoms with Crippen LogP contribution in [0.5, 0.6) is 5.75 Å². The van der Waals surface area contributed by atoms with Crippen molar-refractivity contribution in [3.8, 4) is 5.75 Å². The van der Waals surface area contributed by atoms with Gasteiger partial charge in [-0.2, -0.15) is 0 Å². The van der Waals surface area contributed by atoms with Gasteiger partial charge in [-0.3, -0.25) is 10.9 Å². The molecule has 0 saturated carbocycles. The lowest BCUT2D eigenvalue weighted by Crippen LogP contribution is -2.42. The number of hydrazine groups is 1. The summed E-state index contributed by atoms with van der Waals surface area (Å²) in [6.07, 6.45) is 0. The van der Waals surface area contributed by atoms with E-state index >= 15 is 0 Å². The van der Waals surface area contributed by atoms with Crippen molar-refractivity contribution >= 4 is 23.0 Å². The number of nitrogens with one attached hydrogen (secondary N) is 3. The quantitative estimate of drug-likeness (QED) is 0.565. The van der Waals surface area contributed by atoms with Gasteiger partial charge in [-0.15, -0.1) is 0 Å². The Morgan fingerprint density at radius 1 is 1.05 bits per heavy atom. The Hall–Kier alpha value is -2.53. The molecule has 0 heterocycles. The Kier molecular flexibility index (Phi) is 5.80. The van der Waals surface area contributed by atoms with Crippen LogP contribution in [-0.4, -0.2) is 12.2 Å². The van der Waals surface area contributed by atoms with Crippen LogP contribution in [0.3, 0.4) is 0 Å². The van der Waals surface area contributed by atoms with E-state index in [2.05, 4.69) is 22.7 Å². The van der Waals surface area contributed by atoms with Gasteiger partial charge in [0.25, 0.3) is 0 Å². The molecule has 0 amide bonds. The van der Waals surface area contributed by atoms with Gasteiger partial charge in [0.2, 0.25) is 0 Å². The van der Waals surface area contributed by atoms with E-state index in [0.717, 1.165) is 16.9 Å². The van der Waals surface area contributed by atoms with E-state index in [4.69, 9.17) is 17.0 Å². The number of hydrogen-bond donors (Lipinski definition) is 3. The molecule has 22 heavy (non-hydrogen) atoms. The van der Waals surface area contributed by atoms with Gasteiger partial charge in [-0.1, -0.05) is 49.0 Å². The molecule has 0 aliphatic heterocycles. The van der Waals surface area contributed by atoms with Crippen molar-refractivity contribution in [2.24, 2.45) is 0 Å². The molecule has 0 fully saturated rings. The number of hydrogen-bond acceptors (Lipinski definition) is 3. The maximum Gasteiger partial charge on any atom is 0.185 e. The van der Waals surface area contributed by atoms with Crippen LogP contribution in [-0.2, 0) is 6.54 Å². The number of ether oxygens (including phenoxy) is 1. The Morgan fingerprint density at radius 3 is 2.45 bits per heavy atom. The number of para-hydroxylation sites is 1. The maximum absolute atomic E-state index is 5.30. The van der Waals surface area contributed by atoms with E-state index in [1.165, 1.54) is 0 Å². The number of benzene rings is 2. The van der Waals surface area contributed by atoms with Gasteiger partial charge >= 0.3 is 0 Å². The summed E-state index contributed by atoms with van der Waals surface area (Å²) in [5.41, 5.74) is 8.62. The Bertz CT molecular complexity index is 643. The third-order valence-corrected chi connectivity index (χ3v) is 3.30. The van der Waals surface area contributed by atoms with Crippen LogP contribution in [0.1, 0.15) is 11.1 Å². The van der Waals surface area contributed by atoms with Gasteiger partial charge in [-0.05, 0) is 29.9 Å². The van der Waals surface area contributed by atoms with Crippen LogP contribution in [0, 0.1) is 0 Å². The van der Waals surface area contributed by atoms with E-state index in [9.17, 15) is 0 Å². The molecule has 0 aromatic heterocycles. The minimum absolute atomic E-state index is 0.500. The fourth-order valence-corrected chi connectivity index (χ4v) is 2.04. The summed E-state index contributed by atoms with van der Waals surface area (Å²) in [5.74, 6) is 0.755. The second-order valence-electron chi connectivity index (χ2n) is 4.60. The highest BCUT2D eigenvalue weighted by molar-refractivity contribution is 7.80. The van der Waals surface area contributed by atoms with Gasteiger partial charge in [0.05, 0.1) is 12.8 Å². The molecule has 0 atom stereocenters. The van der Waals surface area contributed by atoms with E-state index < -0.39 is 0 Å². The van der Waals surface area contributed by atoms with Crippen molar-refractivity contribution in [1.29, 1.82) is 0 Å². The van der Waals surface area contributed by atoms with Crippen LogP contribution in [0.15, 0.2) is 61.2 Å². The molecule has 4 nitrogen and oxygen atoms in total. The lowest BCUT2D eigenvalue weighted by Gasteiger charge is -2.16. The van der Waals surface area contributed by atoms with Crippen LogP contribution in [0.4, 0.5) is 0 Å². The number of rotatable bonds is 6. The molecule has 0 aliphatic carbocycles. The Balaban J connectivity index is 1.82. The molecule has 0 unspecified atom stereocenters.